The summed E-state index contributed by atoms with van der Waals surface area (Å²) in [6.07, 6.45) is 0. The summed E-state index contributed by atoms with van der Waals surface area (Å²) in [6, 6.07) is 23.4. The van der Waals surface area contributed by atoms with Crippen LogP contribution >= 0.6 is 11.3 Å². The van der Waals surface area contributed by atoms with Gasteiger partial charge in [-0.05, 0) is 37.6 Å². The quantitative estimate of drug-likeness (QED) is 0.356. The molecule has 0 fully saturated rings. The molecule has 0 saturated carbocycles. The molecule has 2 heterocycles. The average molecular weight is 440 g/mol. The second kappa shape index (κ2) is 8.40. The van der Waals surface area contributed by atoms with Crippen molar-refractivity contribution in [3.63, 3.8) is 0 Å². The maximum Gasteiger partial charge on any atom is 0.251 e. The van der Waals surface area contributed by atoms with Crippen LogP contribution in [0.2, 0.25) is 0 Å². The summed E-state index contributed by atoms with van der Waals surface area (Å²) in [5.74, 6) is 0.522. The molecule has 5 aromatic rings. The third kappa shape index (κ3) is 3.81. The van der Waals surface area contributed by atoms with Crippen LogP contribution in [0.3, 0.4) is 0 Å². The van der Waals surface area contributed by atoms with Gasteiger partial charge in [0.15, 0.2) is 5.76 Å². The zero-order valence-electron chi connectivity index (χ0n) is 17.8. The van der Waals surface area contributed by atoms with Gasteiger partial charge >= 0.3 is 0 Å². The van der Waals surface area contributed by atoms with E-state index in [2.05, 4.69) is 29.5 Å². The molecule has 3 aromatic carbocycles. The molecule has 5 rings (SSSR count). The van der Waals surface area contributed by atoms with Crippen LogP contribution in [0.15, 0.2) is 77.3 Å². The van der Waals surface area contributed by atoms with Crippen LogP contribution in [0, 0.1) is 13.8 Å². The van der Waals surface area contributed by atoms with Crippen LogP contribution < -0.4 is 5.32 Å². The van der Waals surface area contributed by atoms with Crippen molar-refractivity contribution in [2.24, 2.45) is 0 Å². The highest BCUT2D eigenvalue weighted by Crippen LogP contribution is 2.31. The lowest BCUT2D eigenvalue weighted by atomic mass is 10.1. The SMILES string of the molecule is Cc1ccccc1-c1nc(C)c(CNC(=O)c2ccc3noc(-c4ccccc4)c3c2)s1. The predicted octanol–water partition coefficient (Wildman–Crippen LogP) is 6.17. The fraction of sp³-hybridized carbons (Fsp3) is 0.115. The molecule has 0 aliphatic heterocycles. The Hall–Kier alpha value is -3.77. The van der Waals surface area contributed by atoms with Gasteiger partial charge in [0.1, 0.15) is 10.5 Å². The van der Waals surface area contributed by atoms with Gasteiger partial charge in [-0.15, -0.1) is 11.3 Å². The molecule has 1 amide bonds. The highest BCUT2D eigenvalue weighted by Gasteiger charge is 2.16. The molecule has 32 heavy (non-hydrogen) atoms. The van der Waals surface area contributed by atoms with Crippen LogP contribution in [0.4, 0.5) is 0 Å². The van der Waals surface area contributed by atoms with Gasteiger partial charge in [0, 0.05) is 21.6 Å². The number of nitrogens with one attached hydrogen (secondary N) is 1. The van der Waals surface area contributed by atoms with Crippen molar-refractivity contribution in [2.75, 3.05) is 0 Å². The molecule has 0 aliphatic rings. The first-order valence-corrected chi connectivity index (χ1v) is 11.2. The van der Waals surface area contributed by atoms with Crippen molar-refractivity contribution in [3.05, 3.63) is 94.5 Å². The first-order chi connectivity index (χ1) is 15.6. The summed E-state index contributed by atoms with van der Waals surface area (Å²) in [7, 11) is 0. The van der Waals surface area contributed by atoms with E-state index in [-0.39, 0.29) is 5.91 Å². The molecule has 5 nitrogen and oxygen atoms in total. The van der Waals surface area contributed by atoms with E-state index in [4.69, 9.17) is 9.51 Å². The van der Waals surface area contributed by atoms with Crippen molar-refractivity contribution in [1.82, 2.24) is 15.5 Å². The summed E-state index contributed by atoms with van der Waals surface area (Å²) in [5, 5.41) is 8.95. The normalized spacial score (nSPS) is 11.1. The van der Waals surface area contributed by atoms with Gasteiger partial charge in [-0.3, -0.25) is 4.79 Å². The summed E-state index contributed by atoms with van der Waals surface area (Å²) in [4.78, 5) is 18.7. The van der Waals surface area contributed by atoms with Crippen LogP contribution in [0.25, 0.3) is 32.8 Å². The molecular formula is C26H21N3O2S. The number of nitrogens with zero attached hydrogens (tertiary/aromatic N) is 2. The molecule has 1 N–H and O–H groups in total. The van der Waals surface area contributed by atoms with E-state index in [0.717, 1.165) is 37.6 Å². The van der Waals surface area contributed by atoms with Gasteiger partial charge < -0.3 is 9.84 Å². The van der Waals surface area contributed by atoms with E-state index in [1.165, 1.54) is 5.56 Å². The number of aryl methyl sites for hydroxylation is 2. The number of rotatable bonds is 5. The minimum Gasteiger partial charge on any atom is -0.355 e. The van der Waals surface area contributed by atoms with Crippen LogP contribution in [-0.2, 0) is 6.54 Å². The maximum atomic E-state index is 12.9. The highest BCUT2D eigenvalue weighted by atomic mass is 32.1. The number of hydrogen-bond donors (Lipinski definition) is 1. The fourth-order valence-electron chi connectivity index (χ4n) is 3.66. The number of carbonyl (C=O) groups is 1. The van der Waals surface area contributed by atoms with Crippen molar-refractivity contribution in [1.29, 1.82) is 0 Å². The number of aromatic nitrogens is 2. The Morgan fingerprint density at radius 3 is 2.59 bits per heavy atom. The Morgan fingerprint density at radius 2 is 1.78 bits per heavy atom. The minimum absolute atomic E-state index is 0.141. The Labute approximate surface area is 189 Å². The van der Waals surface area contributed by atoms with Gasteiger partial charge in [-0.25, -0.2) is 4.98 Å². The van der Waals surface area contributed by atoms with Crippen LogP contribution in [0.5, 0.6) is 0 Å². The highest BCUT2D eigenvalue weighted by molar-refractivity contribution is 7.15. The molecule has 0 radical (unpaired) electrons. The summed E-state index contributed by atoms with van der Waals surface area (Å²) in [5.41, 5.74) is 5.48. The lowest BCUT2D eigenvalue weighted by Crippen LogP contribution is -2.22. The molecular weight excluding hydrogens is 418 g/mol. The van der Waals surface area contributed by atoms with Gasteiger partial charge in [-0.2, -0.15) is 0 Å². The molecule has 0 aliphatic carbocycles. The van der Waals surface area contributed by atoms with Crippen molar-refractivity contribution >= 4 is 28.1 Å². The standard InChI is InChI=1S/C26H21N3O2S/c1-16-8-6-7-11-20(16)26-28-17(2)23(32-26)15-27-25(30)19-12-13-22-21(14-19)24(31-29-22)18-9-4-3-5-10-18/h3-14H,15H2,1-2H3,(H,27,30). The van der Waals surface area contributed by atoms with Crippen molar-refractivity contribution in [2.45, 2.75) is 20.4 Å². The summed E-state index contributed by atoms with van der Waals surface area (Å²) >= 11 is 1.62. The second-order valence-corrected chi connectivity index (χ2v) is 8.72. The van der Waals surface area contributed by atoms with Gasteiger partial charge in [0.25, 0.3) is 5.91 Å². The van der Waals surface area contributed by atoms with E-state index >= 15 is 0 Å². The molecule has 0 spiro atoms. The lowest BCUT2D eigenvalue weighted by molar-refractivity contribution is 0.0951. The van der Waals surface area contributed by atoms with E-state index < -0.39 is 0 Å². The third-order valence-electron chi connectivity index (χ3n) is 5.45. The van der Waals surface area contributed by atoms with E-state index in [9.17, 15) is 4.79 Å². The first kappa shape index (κ1) is 20.2. The van der Waals surface area contributed by atoms with Crippen LogP contribution in [0.1, 0.15) is 26.5 Å². The topological polar surface area (TPSA) is 68.0 Å². The number of fused-ring (bicyclic) bond motifs is 1. The molecule has 0 saturated heterocycles. The second-order valence-electron chi connectivity index (χ2n) is 7.63. The lowest BCUT2D eigenvalue weighted by Gasteiger charge is -2.05. The summed E-state index contributed by atoms with van der Waals surface area (Å²) in [6.45, 7) is 4.49. The Balaban J connectivity index is 1.36. The number of amides is 1. The Bertz CT molecular complexity index is 1420. The zero-order valence-corrected chi connectivity index (χ0v) is 18.6. The number of carbonyl (C=O) groups excluding carboxylic acids is 1. The first-order valence-electron chi connectivity index (χ1n) is 10.4. The molecule has 2 aromatic heterocycles. The van der Waals surface area contributed by atoms with Crippen molar-refractivity contribution < 1.29 is 9.32 Å². The van der Waals surface area contributed by atoms with Crippen LogP contribution in [-0.4, -0.2) is 16.0 Å². The monoisotopic (exact) mass is 439 g/mol. The third-order valence-corrected chi connectivity index (χ3v) is 6.64. The Kier molecular flexibility index (Phi) is 5.29. The number of hydrogen-bond acceptors (Lipinski definition) is 5. The van der Waals surface area contributed by atoms with Crippen molar-refractivity contribution in [3.8, 4) is 21.9 Å². The minimum atomic E-state index is -0.141. The maximum absolute atomic E-state index is 12.9. The largest absolute Gasteiger partial charge is 0.355 e. The molecule has 6 heteroatoms. The molecule has 158 valence electrons. The van der Waals surface area contributed by atoms with E-state index in [0.29, 0.717) is 17.9 Å². The van der Waals surface area contributed by atoms with Gasteiger partial charge in [0.05, 0.1) is 17.6 Å². The molecule has 0 unspecified atom stereocenters. The zero-order chi connectivity index (χ0) is 22.1. The Morgan fingerprint density at radius 1 is 1.00 bits per heavy atom. The van der Waals surface area contributed by atoms with E-state index in [1.54, 1.807) is 17.4 Å². The average Bonchev–Trinajstić information content (AvgIpc) is 3.41. The number of benzene rings is 3. The smallest absolute Gasteiger partial charge is 0.251 e. The van der Waals surface area contributed by atoms with E-state index in [1.807, 2.05) is 61.5 Å². The molecule has 0 atom stereocenters. The van der Waals surface area contributed by atoms with Gasteiger partial charge in [0.2, 0.25) is 0 Å². The molecule has 0 bridgehead atoms. The summed E-state index contributed by atoms with van der Waals surface area (Å²) < 4.78 is 5.55. The predicted molar refractivity (Wildman–Crippen MR) is 128 cm³/mol. The van der Waals surface area contributed by atoms with Gasteiger partial charge in [-0.1, -0.05) is 59.8 Å². The fourth-order valence-corrected chi connectivity index (χ4v) is 4.76. The number of thiazole rings is 1.